The summed E-state index contributed by atoms with van der Waals surface area (Å²) >= 11 is 6.47. The van der Waals surface area contributed by atoms with Crippen LogP contribution in [0.25, 0.3) is 0 Å². The third kappa shape index (κ3) is 8.40. The van der Waals surface area contributed by atoms with E-state index in [9.17, 15) is 19.5 Å². The summed E-state index contributed by atoms with van der Waals surface area (Å²) in [7, 11) is 2.00. The molecule has 0 aliphatic carbocycles. The van der Waals surface area contributed by atoms with E-state index < -0.39 is 20.2 Å². The number of halogens is 1. The second-order valence-electron chi connectivity index (χ2n) is 7.50. The number of hydrogen-bond acceptors (Lipinski definition) is 8. The molecule has 1 amide bonds. The van der Waals surface area contributed by atoms with Gasteiger partial charge in [0, 0.05) is 45.5 Å². The lowest BCUT2D eigenvalue weighted by atomic mass is 10.0. The normalized spacial score (nSPS) is 12.1. The van der Waals surface area contributed by atoms with Crippen LogP contribution in [0, 0.1) is 0 Å². The second-order valence-corrected chi connectivity index (χ2v) is 11.1. The summed E-state index contributed by atoms with van der Waals surface area (Å²) in [6, 6.07) is 10.5. The van der Waals surface area contributed by atoms with Crippen LogP contribution in [0.3, 0.4) is 0 Å². The molecule has 0 aliphatic rings. The first-order chi connectivity index (χ1) is 16.8. The molecule has 35 heavy (non-hydrogen) atoms. The van der Waals surface area contributed by atoms with Crippen molar-refractivity contribution in [3.05, 3.63) is 58.8 Å². The van der Waals surface area contributed by atoms with Gasteiger partial charge in [-0.15, -0.1) is 11.6 Å². The van der Waals surface area contributed by atoms with Gasteiger partial charge in [-0.3, -0.25) is 9.59 Å². The van der Waals surface area contributed by atoms with E-state index in [4.69, 9.17) is 24.9 Å². The number of aryl methyl sites for hydroxylation is 1. The smallest absolute Gasteiger partial charge is 0.477 e. The molecule has 0 saturated carbocycles. The number of nitrogens with one attached hydrogen (secondary N) is 1. The summed E-state index contributed by atoms with van der Waals surface area (Å²) in [5.74, 6) is -1.57. The Balaban J connectivity index is 1.89. The molecular weight excluding hydrogens is 496 g/mol. The summed E-state index contributed by atoms with van der Waals surface area (Å²) in [4.78, 5) is 38.0. The lowest BCUT2D eigenvalue weighted by Crippen LogP contribution is -2.43. The van der Waals surface area contributed by atoms with Gasteiger partial charge in [0.05, 0.1) is 5.38 Å². The summed E-state index contributed by atoms with van der Waals surface area (Å²) in [6.07, 6.45) is 1.73. The average molecular weight is 525 g/mol. The standard InChI is InChI=1S/C23H29ClN2O8Si/c1-31-35(32-2,33-3)12-4-11-25-22(28)17-8-5-16(6-9-17)7-10-19(24)18-13-20(23(29)30)26-21(14-18)34-15-27/h5-6,8-9,13-15,19H,4,7,10-12H2,1-3H3,(H,25,28)(H,29,30). The van der Waals surface area contributed by atoms with Crippen LogP contribution in [0.1, 0.15) is 50.2 Å². The van der Waals surface area contributed by atoms with Gasteiger partial charge in [-0.05, 0) is 48.6 Å². The Bertz CT molecular complexity index is 993. The third-order valence-electron chi connectivity index (χ3n) is 5.35. The average Bonchev–Trinajstić information content (AvgIpc) is 2.88. The van der Waals surface area contributed by atoms with Crippen molar-refractivity contribution in [3.8, 4) is 5.88 Å². The molecule has 2 N–H and O–H groups in total. The van der Waals surface area contributed by atoms with E-state index in [2.05, 4.69) is 15.0 Å². The Labute approximate surface area is 209 Å². The number of nitrogens with zero attached hydrogens (tertiary/aromatic N) is 1. The van der Waals surface area contributed by atoms with E-state index in [1.807, 2.05) is 12.1 Å². The molecule has 1 aromatic carbocycles. The van der Waals surface area contributed by atoms with Crippen molar-refractivity contribution >= 4 is 38.8 Å². The molecule has 0 saturated heterocycles. The molecule has 0 bridgehead atoms. The Morgan fingerprint density at radius 3 is 2.37 bits per heavy atom. The summed E-state index contributed by atoms with van der Waals surface area (Å²) in [5, 5.41) is 11.5. The maximum atomic E-state index is 12.4. The fourth-order valence-electron chi connectivity index (χ4n) is 3.37. The largest absolute Gasteiger partial charge is 0.500 e. The van der Waals surface area contributed by atoms with Gasteiger partial charge in [-0.1, -0.05) is 12.1 Å². The molecule has 0 spiro atoms. The molecule has 12 heteroatoms. The topological polar surface area (TPSA) is 133 Å². The second kappa shape index (κ2) is 13.9. The molecule has 1 heterocycles. The molecule has 2 aromatic rings. The molecule has 0 radical (unpaired) electrons. The van der Waals surface area contributed by atoms with Crippen LogP contribution in [0.15, 0.2) is 36.4 Å². The molecule has 1 unspecified atom stereocenters. The van der Waals surface area contributed by atoms with Crippen LogP contribution in [0.2, 0.25) is 6.04 Å². The Morgan fingerprint density at radius 1 is 1.14 bits per heavy atom. The fraction of sp³-hybridized carbons (Fsp3) is 0.391. The zero-order valence-electron chi connectivity index (χ0n) is 19.8. The van der Waals surface area contributed by atoms with E-state index in [1.54, 1.807) is 33.5 Å². The van der Waals surface area contributed by atoms with Crippen LogP contribution in [-0.2, 0) is 24.5 Å². The van der Waals surface area contributed by atoms with Gasteiger partial charge in [0.15, 0.2) is 5.69 Å². The van der Waals surface area contributed by atoms with Crippen molar-refractivity contribution in [2.45, 2.75) is 30.7 Å². The highest BCUT2D eigenvalue weighted by Gasteiger charge is 2.36. The van der Waals surface area contributed by atoms with Crippen molar-refractivity contribution < 1.29 is 37.5 Å². The van der Waals surface area contributed by atoms with Gasteiger partial charge < -0.3 is 28.4 Å². The number of pyridine rings is 1. The number of carbonyl (C=O) groups is 3. The number of ether oxygens (including phenoxy) is 1. The number of aromatic carboxylic acids is 1. The third-order valence-corrected chi connectivity index (χ3v) is 8.66. The highest BCUT2D eigenvalue weighted by atomic mass is 35.5. The number of carbonyl (C=O) groups excluding carboxylic acids is 2. The molecule has 190 valence electrons. The first kappa shape index (κ1) is 28.4. The van der Waals surface area contributed by atoms with Gasteiger partial charge in [0.1, 0.15) is 0 Å². The number of amides is 1. The lowest BCUT2D eigenvalue weighted by molar-refractivity contribution is -0.120. The zero-order chi connectivity index (χ0) is 25.8. The van der Waals surface area contributed by atoms with Crippen molar-refractivity contribution in [1.82, 2.24) is 10.3 Å². The number of rotatable bonds is 15. The van der Waals surface area contributed by atoms with Crippen LogP contribution < -0.4 is 10.1 Å². The summed E-state index contributed by atoms with van der Waals surface area (Å²) in [5.41, 5.74) is 1.70. The van der Waals surface area contributed by atoms with Gasteiger partial charge in [-0.25, -0.2) is 9.78 Å². The maximum absolute atomic E-state index is 12.4. The van der Waals surface area contributed by atoms with E-state index in [1.165, 1.54) is 12.1 Å². The monoisotopic (exact) mass is 524 g/mol. The quantitative estimate of drug-likeness (QED) is 0.156. The van der Waals surface area contributed by atoms with Crippen LogP contribution in [-0.4, -0.2) is 65.1 Å². The molecule has 0 aliphatic heterocycles. The predicted molar refractivity (Wildman–Crippen MR) is 130 cm³/mol. The summed E-state index contributed by atoms with van der Waals surface area (Å²) < 4.78 is 20.8. The fourth-order valence-corrected chi connectivity index (χ4v) is 5.33. The molecule has 1 aromatic heterocycles. The lowest BCUT2D eigenvalue weighted by Gasteiger charge is -2.24. The highest BCUT2D eigenvalue weighted by Crippen LogP contribution is 2.29. The molecular formula is C23H29ClN2O8Si. The number of carboxylic acid groups (broad SMARTS) is 1. The van der Waals surface area contributed by atoms with Crippen LogP contribution >= 0.6 is 11.6 Å². The van der Waals surface area contributed by atoms with Crippen molar-refractivity contribution in [2.24, 2.45) is 0 Å². The number of alkyl halides is 1. The minimum absolute atomic E-state index is 0.129. The first-order valence-electron chi connectivity index (χ1n) is 10.8. The van der Waals surface area contributed by atoms with E-state index in [0.717, 1.165) is 5.56 Å². The number of aromatic nitrogens is 1. The minimum Gasteiger partial charge on any atom is -0.477 e. The Kier molecular flexibility index (Phi) is 11.3. The van der Waals surface area contributed by atoms with E-state index in [-0.39, 0.29) is 24.0 Å². The predicted octanol–water partition coefficient (Wildman–Crippen LogP) is 3.23. The minimum atomic E-state index is -2.65. The molecule has 2 rings (SSSR count). The van der Waals surface area contributed by atoms with Crippen LogP contribution in [0.5, 0.6) is 5.88 Å². The SMILES string of the molecule is CO[Si](CCCNC(=O)c1ccc(CCC(Cl)c2cc(OC=O)nc(C(=O)O)c2)cc1)(OC)OC. The highest BCUT2D eigenvalue weighted by molar-refractivity contribution is 6.60. The van der Waals surface area contributed by atoms with Crippen molar-refractivity contribution in [2.75, 3.05) is 27.9 Å². The molecule has 1 atom stereocenters. The van der Waals surface area contributed by atoms with Gasteiger partial charge in [-0.2, -0.15) is 0 Å². The van der Waals surface area contributed by atoms with Crippen molar-refractivity contribution in [1.29, 1.82) is 0 Å². The van der Waals surface area contributed by atoms with Gasteiger partial charge >= 0.3 is 14.8 Å². The zero-order valence-corrected chi connectivity index (χ0v) is 21.5. The number of hydrogen-bond donors (Lipinski definition) is 2. The van der Waals surface area contributed by atoms with Gasteiger partial charge in [0.25, 0.3) is 12.4 Å². The molecule has 10 nitrogen and oxygen atoms in total. The molecule has 0 fully saturated rings. The number of benzene rings is 1. The van der Waals surface area contributed by atoms with Crippen molar-refractivity contribution in [3.63, 3.8) is 0 Å². The first-order valence-corrected chi connectivity index (χ1v) is 13.2. The van der Waals surface area contributed by atoms with E-state index >= 15 is 0 Å². The van der Waals surface area contributed by atoms with Crippen LogP contribution in [0.4, 0.5) is 0 Å². The Morgan fingerprint density at radius 2 is 1.80 bits per heavy atom. The van der Waals surface area contributed by atoms with Gasteiger partial charge in [0.2, 0.25) is 5.88 Å². The maximum Gasteiger partial charge on any atom is 0.500 e. The van der Waals surface area contributed by atoms with E-state index in [0.29, 0.717) is 43.0 Å². The number of carboxylic acids is 1. The summed E-state index contributed by atoms with van der Waals surface area (Å²) in [6.45, 7) is 0.631. The Hall–Kier alpha value is -2.83.